The third kappa shape index (κ3) is 4.80. The van der Waals surface area contributed by atoms with Crippen LogP contribution in [0.4, 0.5) is 4.79 Å². The zero-order chi connectivity index (χ0) is 19.4. The lowest BCUT2D eigenvalue weighted by Crippen LogP contribution is -2.51. The van der Waals surface area contributed by atoms with Crippen LogP contribution in [-0.2, 0) is 4.79 Å². The van der Waals surface area contributed by atoms with Crippen molar-refractivity contribution in [3.63, 3.8) is 0 Å². The summed E-state index contributed by atoms with van der Waals surface area (Å²) in [5.41, 5.74) is 3.81. The number of carbonyl (C=O) groups is 2. The lowest BCUT2D eigenvalue weighted by atomic mass is 9.90. The van der Waals surface area contributed by atoms with E-state index in [1.165, 1.54) is 16.7 Å². The van der Waals surface area contributed by atoms with Crippen molar-refractivity contribution in [3.8, 4) is 0 Å². The highest BCUT2D eigenvalue weighted by molar-refractivity contribution is 5.75. The van der Waals surface area contributed by atoms with E-state index >= 15 is 0 Å². The van der Waals surface area contributed by atoms with E-state index in [0.717, 1.165) is 51.7 Å². The van der Waals surface area contributed by atoms with E-state index < -0.39 is 5.97 Å². The van der Waals surface area contributed by atoms with E-state index in [0.29, 0.717) is 0 Å². The number of rotatable bonds is 4. The maximum atomic E-state index is 13.0. The Morgan fingerprint density at radius 3 is 2.56 bits per heavy atom. The minimum absolute atomic E-state index is 0.0253. The van der Waals surface area contributed by atoms with Crippen molar-refractivity contribution in [3.05, 3.63) is 34.9 Å². The van der Waals surface area contributed by atoms with Crippen LogP contribution >= 0.6 is 0 Å². The molecule has 1 aromatic carbocycles. The van der Waals surface area contributed by atoms with Crippen molar-refractivity contribution in [2.24, 2.45) is 0 Å². The molecule has 2 amide bonds. The van der Waals surface area contributed by atoms with Crippen molar-refractivity contribution >= 4 is 12.0 Å². The molecule has 2 aliphatic heterocycles. The fraction of sp³-hybridized carbons (Fsp3) is 0.619. The van der Waals surface area contributed by atoms with E-state index in [1.54, 1.807) is 0 Å². The molecule has 1 atom stereocenters. The number of carboxylic acid groups (broad SMARTS) is 1. The number of aryl methyl sites for hydroxylation is 1. The predicted octanol–water partition coefficient (Wildman–Crippen LogP) is 3.09. The number of carboxylic acids is 1. The monoisotopic (exact) mass is 373 g/mol. The highest BCUT2D eigenvalue weighted by atomic mass is 16.4. The molecule has 2 N–H and O–H groups in total. The summed E-state index contributed by atoms with van der Waals surface area (Å²) in [6.07, 6.45) is 4.82. The van der Waals surface area contributed by atoms with Crippen LogP contribution in [-0.4, -0.2) is 59.1 Å². The molecular weight excluding hydrogens is 342 g/mol. The molecule has 2 aliphatic rings. The van der Waals surface area contributed by atoms with Crippen LogP contribution in [0.2, 0.25) is 0 Å². The minimum atomic E-state index is -0.790. The average Bonchev–Trinajstić information content (AvgIpc) is 2.65. The van der Waals surface area contributed by atoms with Gasteiger partial charge < -0.3 is 15.3 Å². The van der Waals surface area contributed by atoms with Gasteiger partial charge in [0.15, 0.2) is 0 Å². The Hall–Kier alpha value is -2.08. The van der Waals surface area contributed by atoms with Crippen LogP contribution in [0.15, 0.2) is 18.2 Å². The molecule has 0 saturated carbocycles. The van der Waals surface area contributed by atoms with Gasteiger partial charge in [-0.15, -0.1) is 0 Å². The molecule has 148 valence electrons. The van der Waals surface area contributed by atoms with Gasteiger partial charge in [0, 0.05) is 25.7 Å². The van der Waals surface area contributed by atoms with Gasteiger partial charge in [0.1, 0.15) is 0 Å². The highest BCUT2D eigenvalue weighted by Crippen LogP contribution is 2.33. The summed E-state index contributed by atoms with van der Waals surface area (Å²) >= 11 is 0. The third-order valence-corrected chi connectivity index (χ3v) is 6.04. The number of likely N-dealkylation sites (tertiary alicyclic amines) is 2. The standard InChI is InChI=1S/C21H31N3O3/c1-15-6-5-7-18(16(15)2)19-8-3-4-11-24(19)21(27)22-17-9-12-23(13-10-17)14-20(25)26/h5-7,17,19H,3-4,8-14H2,1-2H3,(H,22,27)(H,25,26). The molecule has 2 fully saturated rings. The molecule has 6 nitrogen and oxygen atoms in total. The lowest BCUT2D eigenvalue weighted by molar-refractivity contribution is -0.138. The molecule has 0 radical (unpaired) electrons. The first-order valence-electron chi connectivity index (χ1n) is 10.0. The van der Waals surface area contributed by atoms with E-state index in [2.05, 4.69) is 37.4 Å². The second kappa shape index (κ2) is 8.74. The Kier molecular flexibility index (Phi) is 6.37. The van der Waals surface area contributed by atoms with Crippen molar-refractivity contribution in [2.45, 2.75) is 58.0 Å². The van der Waals surface area contributed by atoms with Crippen molar-refractivity contribution < 1.29 is 14.7 Å². The van der Waals surface area contributed by atoms with Crippen LogP contribution < -0.4 is 5.32 Å². The number of nitrogens with zero attached hydrogens (tertiary/aromatic N) is 2. The Bertz CT molecular complexity index is 683. The van der Waals surface area contributed by atoms with Crippen LogP contribution in [0, 0.1) is 13.8 Å². The van der Waals surface area contributed by atoms with Crippen LogP contribution in [0.25, 0.3) is 0 Å². The number of hydrogen-bond donors (Lipinski definition) is 2. The number of piperidine rings is 2. The second-order valence-electron chi connectivity index (χ2n) is 7.89. The van der Waals surface area contributed by atoms with Gasteiger partial charge in [0.2, 0.25) is 0 Å². The first-order valence-corrected chi connectivity index (χ1v) is 10.0. The Morgan fingerprint density at radius 1 is 1.11 bits per heavy atom. The van der Waals surface area contributed by atoms with Crippen molar-refractivity contribution in [1.29, 1.82) is 0 Å². The maximum absolute atomic E-state index is 13.0. The number of benzene rings is 1. The summed E-state index contributed by atoms with van der Waals surface area (Å²) in [5.74, 6) is -0.790. The molecule has 0 spiro atoms. The van der Waals surface area contributed by atoms with E-state index in [9.17, 15) is 9.59 Å². The van der Waals surface area contributed by atoms with Gasteiger partial charge in [-0.25, -0.2) is 4.79 Å². The topological polar surface area (TPSA) is 72.9 Å². The molecule has 27 heavy (non-hydrogen) atoms. The summed E-state index contributed by atoms with van der Waals surface area (Å²) in [5, 5.41) is 12.1. The Balaban J connectivity index is 1.63. The summed E-state index contributed by atoms with van der Waals surface area (Å²) in [6.45, 7) is 6.59. The molecule has 0 aliphatic carbocycles. The average molecular weight is 373 g/mol. The third-order valence-electron chi connectivity index (χ3n) is 6.04. The van der Waals surface area contributed by atoms with Crippen molar-refractivity contribution in [1.82, 2.24) is 15.1 Å². The summed E-state index contributed by atoms with van der Waals surface area (Å²) < 4.78 is 0. The molecule has 2 saturated heterocycles. The van der Waals surface area contributed by atoms with E-state index in [4.69, 9.17) is 5.11 Å². The van der Waals surface area contributed by atoms with Gasteiger partial charge in [-0.05, 0) is 62.6 Å². The van der Waals surface area contributed by atoms with Crippen molar-refractivity contribution in [2.75, 3.05) is 26.2 Å². The van der Waals surface area contributed by atoms with E-state index in [-0.39, 0.29) is 24.7 Å². The first kappa shape index (κ1) is 19.7. The predicted molar refractivity (Wildman–Crippen MR) is 105 cm³/mol. The summed E-state index contributed by atoms with van der Waals surface area (Å²) in [7, 11) is 0. The molecule has 3 rings (SSSR count). The number of hydrogen-bond acceptors (Lipinski definition) is 3. The van der Waals surface area contributed by atoms with Gasteiger partial charge in [0.25, 0.3) is 0 Å². The molecule has 0 bridgehead atoms. The molecule has 1 aromatic rings. The Morgan fingerprint density at radius 2 is 1.85 bits per heavy atom. The van der Waals surface area contributed by atoms with Gasteiger partial charge in [-0.3, -0.25) is 9.69 Å². The molecule has 0 aromatic heterocycles. The quantitative estimate of drug-likeness (QED) is 0.851. The number of nitrogens with one attached hydrogen (secondary N) is 1. The zero-order valence-electron chi connectivity index (χ0n) is 16.4. The largest absolute Gasteiger partial charge is 0.480 e. The zero-order valence-corrected chi connectivity index (χ0v) is 16.4. The van der Waals surface area contributed by atoms with Gasteiger partial charge in [0.05, 0.1) is 12.6 Å². The van der Waals surface area contributed by atoms with Crippen LogP contribution in [0.3, 0.4) is 0 Å². The van der Waals surface area contributed by atoms with Gasteiger partial charge >= 0.3 is 12.0 Å². The normalized spacial score (nSPS) is 21.9. The fourth-order valence-electron chi connectivity index (χ4n) is 4.32. The summed E-state index contributed by atoms with van der Waals surface area (Å²) in [6, 6.07) is 6.66. The SMILES string of the molecule is Cc1cccc(C2CCCCN2C(=O)NC2CCN(CC(=O)O)CC2)c1C. The minimum Gasteiger partial charge on any atom is -0.480 e. The van der Waals surface area contributed by atoms with Crippen LogP contribution in [0.1, 0.15) is 54.8 Å². The Labute approximate surface area is 161 Å². The number of amides is 2. The first-order chi connectivity index (χ1) is 13.0. The molecule has 1 unspecified atom stereocenters. The molecular formula is C21H31N3O3. The van der Waals surface area contributed by atoms with E-state index in [1.807, 2.05) is 9.80 Å². The molecule has 6 heteroatoms. The second-order valence-corrected chi connectivity index (χ2v) is 7.89. The fourth-order valence-corrected chi connectivity index (χ4v) is 4.32. The van der Waals surface area contributed by atoms with Gasteiger partial charge in [-0.1, -0.05) is 18.2 Å². The lowest BCUT2D eigenvalue weighted by Gasteiger charge is -2.39. The molecule has 2 heterocycles. The summed E-state index contributed by atoms with van der Waals surface area (Å²) in [4.78, 5) is 27.8. The van der Waals surface area contributed by atoms with Crippen LogP contribution in [0.5, 0.6) is 0 Å². The number of aliphatic carboxylic acids is 1. The van der Waals surface area contributed by atoms with Gasteiger partial charge in [-0.2, -0.15) is 0 Å². The number of carbonyl (C=O) groups excluding carboxylic acids is 1. The smallest absolute Gasteiger partial charge is 0.318 e. The maximum Gasteiger partial charge on any atom is 0.318 e. The highest BCUT2D eigenvalue weighted by Gasteiger charge is 2.31. The number of urea groups is 1.